The van der Waals surface area contributed by atoms with Crippen LogP contribution in [-0.4, -0.2) is 16.1 Å². The standard InChI is InChI=1S/C18H20ClNO2/c1-18(2,3)14-8-5-12(6-9-14)4-7-13-10-15(19)11-20-16(13)17(21)22/h5-6,8-11H,4,7H2,1-3H3,(H,21,22). The van der Waals surface area contributed by atoms with Gasteiger partial charge in [-0.3, -0.25) is 0 Å². The first-order valence-corrected chi connectivity index (χ1v) is 7.62. The average molecular weight is 318 g/mol. The molecule has 4 heteroatoms. The van der Waals surface area contributed by atoms with E-state index in [9.17, 15) is 9.90 Å². The van der Waals surface area contributed by atoms with Crippen LogP contribution in [0.5, 0.6) is 0 Å². The van der Waals surface area contributed by atoms with Crippen LogP contribution in [0.25, 0.3) is 0 Å². The summed E-state index contributed by atoms with van der Waals surface area (Å²) in [6.45, 7) is 6.54. The highest BCUT2D eigenvalue weighted by atomic mass is 35.5. The molecule has 0 fully saturated rings. The summed E-state index contributed by atoms with van der Waals surface area (Å²) >= 11 is 5.92. The summed E-state index contributed by atoms with van der Waals surface area (Å²) in [5.74, 6) is -1.02. The van der Waals surface area contributed by atoms with Gasteiger partial charge in [0, 0.05) is 6.20 Å². The molecular formula is C18H20ClNO2. The maximum absolute atomic E-state index is 11.2. The summed E-state index contributed by atoms with van der Waals surface area (Å²) < 4.78 is 0. The number of rotatable bonds is 4. The van der Waals surface area contributed by atoms with Gasteiger partial charge >= 0.3 is 5.97 Å². The van der Waals surface area contributed by atoms with Crippen LogP contribution in [0.3, 0.4) is 0 Å². The van der Waals surface area contributed by atoms with Crippen molar-refractivity contribution in [1.29, 1.82) is 0 Å². The lowest BCUT2D eigenvalue weighted by atomic mass is 9.86. The van der Waals surface area contributed by atoms with Gasteiger partial charge in [-0.1, -0.05) is 56.6 Å². The second kappa shape index (κ2) is 6.49. The Labute approximate surface area is 136 Å². The first-order valence-electron chi connectivity index (χ1n) is 7.24. The predicted molar refractivity (Wildman–Crippen MR) is 88.8 cm³/mol. The van der Waals surface area contributed by atoms with E-state index >= 15 is 0 Å². The van der Waals surface area contributed by atoms with Crippen molar-refractivity contribution < 1.29 is 9.90 Å². The molecule has 0 aliphatic heterocycles. The van der Waals surface area contributed by atoms with Gasteiger partial charge in [-0.15, -0.1) is 0 Å². The van der Waals surface area contributed by atoms with E-state index in [-0.39, 0.29) is 11.1 Å². The lowest BCUT2D eigenvalue weighted by Crippen LogP contribution is -2.11. The zero-order chi connectivity index (χ0) is 16.3. The summed E-state index contributed by atoms with van der Waals surface area (Å²) in [5.41, 5.74) is 3.33. The Morgan fingerprint density at radius 3 is 2.36 bits per heavy atom. The lowest BCUT2D eigenvalue weighted by molar-refractivity contribution is 0.0689. The molecule has 0 saturated heterocycles. The van der Waals surface area contributed by atoms with Crippen molar-refractivity contribution >= 4 is 17.6 Å². The number of nitrogens with zero attached hydrogens (tertiary/aromatic N) is 1. The molecule has 3 nitrogen and oxygen atoms in total. The van der Waals surface area contributed by atoms with Crippen LogP contribution in [0.1, 0.15) is 48.0 Å². The zero-order valence-electron chi connectivity index (χ0n) is 13.1. The second-order valence-electron chi connectivity index (χ2n) is 6.41. The molecule has 1 aromatic heterocycles. The molecule has 0 aliphatic rings. The molecule has 0 saturated carbocycles. The van der Waals surface area contributed by atoms with E-state index in [1.54, 1.807) is 6.07 Å². The minimum atomic E-state index is -1.02. The number of hydrogen-bond acceptors (Lipinski definition) is 2. The van der Waals surface area contributed by atoms with Crippen molar-refractivity contribution in [2.45, 2.75) is 39.0 Å². The molecule has 0 unspecified atom stereocenters. The van der Waals surface area contributed by atoms with E-state index in [4.69, 9.17) is 11.6 Å². The number of aromatic carboxylic acids is 1. The molecule has 1 aromatic carbocycles. The highest BCUT2D eigenvalue weighted by Gasteiger charge is 2.14. The number of halogens is 1. The summed E-state index contributed by atoms with van der Waals surface area (Å²) in [6.07, 6.45) is 2.73. The van der Waals surface area contributed by atoms with Gasteiger partial charge in [0.2, 0.25) is 0 Å². The van der Waals surface area contributed by atoms with E-state index in [0.29, 0.717) is 17.0 Å². The number of aryl methyl sites for hydroxylation is 2. The molecule has 2 aromatic rings. The molecule has 22 heavy (non-hydrogen) atoms. The molecule has 1 N–H and O–H groups in total. The fourth-order valence-corrected chi connectivity index (χ4v) is 2.50. The maximum atomic E-state index is 11.2. The van der Waals surface area contributed by atoms with Gasteiger partial charge in [0.1, 0.15) is 0 Å². The van der Waals surface area contributed by atoms with Crippen molar-refractivity contribution in [1.82, 2.24) is 4.98 Å². The molecule has 0 bridgehead atoms. The zero-order valence-corrected chi connectivity index (χ0v) is 13.8. The van der Waals surface area contributed by atoms with E-state index in [0.717, 1.165) is 6.42 Å². The van der Waals surface area contributed by atoms with Crippen LogP contribution >= 0.6 is 11.6 Å². The largest absolute Gasteiger partial charge is 0.477 e. The summed E-state index contributed by atoms with van der Waals surface area (Å²) in [5, 5.41) is 9.64. The fourth-order valence-electron chi connectivity index (χ4n) is 2.31. The Hall–Kier alpha value is -1.87. The van der Waals surface area contributed by atoms with Gasteiger partial charge in [-0.2, -0.15) is 0 Å². The Balaban J connectivity index is 2.13. The van der Waals surface area contributed by atoms with Crippen molar-refractivity contribution in [2.75, 3.05) is 0 Å². The molecule has 0 radical (unpaired) electrons. The van der Waals surface area contributed by atoms with Crippen LogP contribution in [0.4, 0.5) is 0 Å². The number of benzene rings is 1. The molecule has 1 heterocycles. The predicted octanol–water partition coefficient (Wildman–Crippen LogP) is 4.52. The SMILES string of the molecule is CC(C)(C)c1ccc(CCc2cc(Cl)cnc2C(=O)O)cc1. The fraction of sp³-hybridized carbons (Fsp3) is 0.333. The third-order valence-electron chi connectivity index (χ3n) is 3.64. The number of carbonyl (C=O) groups is 1. The van der Waals surface area contributed by atoms with Crippen molar-refractivity contribution in [3.8, 4) is 0 Å². The minimum absolute atomic E-state index is 0.0794. The number of carboxylic acids is 1. The molecule has 116 valence electrons. The van der Waals surface area contributed by atoms with Gasteiger partial charge in [-0.25, -0.2) is 9.78 Å². The van der Waals surface area contributed by atoms with Crippen LogP contribution < -0.4 is 0 Å². The van der Waals surface area contributed by atoms with Crippen molar-refractivity contribution in [3.63, 3.8) is 0 Å². The van der Waals surface area contributed by atoms with Crippen molar-refractivity contribution in [3.05, 3.63) is 63.9 Å². The van der Waals surface area contributed by atoms with Gasteiger partial charge in [-0.05, 0) is 41.0 Å². The molecular weight excluding hydrogens is 298 g/mol. The average Bonchev–Trinajstić information content (AvgIpc) is 2.44. The van der Waals surface area contributed by atoms with E-state index in [1.807, 2.05) is 0 Å². The third kappa shape index (κ3) is 4.08. The molecule has 0 amide bonds. The maximum Gasteiger partial charge on any atom is 0.354 e. The summed E-state index contributed by atoms with van der Waals surface area (Å²) in [7, 11) is 0. The van der Waals surface area contributed by atoms with Crippen LogP contribution in [0.2, 0.25) is 5.02 Å². The quantitative estimate of drug-likeness (QED) is 0.902. The first-order chi connectivity index (χ1) is 10.3. The highest BCUT2D eigenvalue weighted by Crippen LogP contribution is 2.23. The van der Waals surface area contributed by atoms with Crippen LogP contribution in [-0.2, 0) is 18.3 Å². The number of hydrogen-bond donors (Lipinski definition) is 1. The minimum Gasteiger partial charge on any atom is -0.477 e. The Bertz CT molecular complexity index is 672. The van der Waals surface area contributed by atoms with Crippen molar-refractivity contribution in [2.24, 2.45) is 0 Å². The van der Waals surface area contributed by atoms with Gasteiger partial charge in [0.05, 0.1) is 5.02 Å². The molecule has 0 atom stereocenters. The van der Waals surface area contributed by atoms with E-state index in [2.05, 4.69) is 50.0 Å². The molecule has 0 spiro atoms. The van der Waals surface area contributed by atoms with Crippen LogP contribution in [0, 0.1) is 0 Å². The van der Waals surface area contributed by atoms with E-state index < -0.39 is 5.97 Å². The third-order valence-corrected chi connectivity index (χ3v) is 3.85. The lowest BCUT2D eigenvalue weighted by Gasteiger charge is -2.19. The number of carboxylic acid groups (broad SMARTS) is 1. The van der Waals surface area contributed by atoms with E-state index in [1.165, 1.54) is 17.3 Å². The summed E-state index contributed by atoms with van der Waals surface area (Å²) in [6, 6.07) is 10.1. The van der Waals surface area contributed by atoms with Gasteiger partial charge in [0.15, 0.2) is 5.69 Å². The van der Waals surface area contributed by atoms with Gasteiger partial charge in [0.25, 0.3) is 0 Å². The topological polar surface area (TPSA) is 50.2 Å². The Kier molecular flexibility index (Phi) is 4.87. The van der Waals surface area contributed by atoms with Gasteiger partial charge < -0.3 is 5.11 Å². The second-order valence-corrected chi connectivity index (χ2v) is 6.85. The molecule has 2 rings (SSSR count). The number of aromatic nitrogens is 1. The smallest absolute Gasteiger partial charge is 0.354 e. The van der Waals surface area contributed by atoms with Crippen LogP contribution in [0.15, 0.2) is 36.5 Å². The number of pyridine rings is 1. The molecule has 0 aliphatic carbocycles. The summed E-state index contributed by atoms with van der Waals surface area (Å²) in [4.78, 5) is 15.1. The first kappa shape index (κ1) is 16.5. The monoisotopic (exact) mass is 317 g/mol. The Morgan fingerprint density at radius 2 is 1.82 bits per heavy atom. The normalized spacial score (nSPS) is 11.5. The highest BCUT2D eigenvalue weighted by molar-refractivity contribution is 6.30. The Morgan fingerprint density at radius 1 is 1.18 bits per heavy atom.